The van der Waals surface area contributed by atoms with E-state index in [1.807, 2.05) is 6.92 Å². The Balaban J connectivity index is 3.21. The molecular formula is C15H18BrNO4S. The SMILES string of the molecule is CCOC(/C=C(/Br)C(=O)CC)=N/S(=O)(=O)c1ccc(C)cc1. The van der Waals surface area contributed by atoms with Crippen molar-refractivity contribution in [1.29, 1.82) is 0 Å². The highest BCUT2D eigenvalue weighted by atomic mass is 79.9. The standard InChI is InChI=1S/C15H18BrNO4S/c1-4-14(18)13(16)10-15(21-5-2)17-22(19,20)12-8-6-11(3)7-9-12/h6-10H,4-5H2,1-3H3/b13-10+,17-15+. The number of ketones is 1. The van der Waals surface area contributed by atoms with Gasteiger partial charge in [0.15, 0.2) is 5.78 Å². The lowest BCUT2D eigenvalue weighted by molar-refractivity contribution is -0.114. The average molecular weight is 388 g/mol. The van der Waals surface area contributed by atoms with Crippen molar-refractivity contribution >= 4 is 37.6 Å². The van der Waals surface area contributed by atoms with Crippen LogP contribution in [0.5, 0.6) is 0 Å². The van der Waals surface area contributed by atoms with E-state index in [2.05, 4.69) is 20.3 Å². The number of carbonyl (C=O) groups is 1. The Bertz CT molecular complexity index is 691. The monoisotopic (exact) mass is 387 g/mol. The second-order valence-corrected chi connectivity index (χ2v) is 6.88. The number of benzene rings is 1. The maximum Gasteiger partial charge on any atom is 0.285 e. The van der Waals surface area contributed by atoms with Crippen molar-refractivity contribution < 1.29 is 17.9 Å². The maximum absolute atomic E-state index is 12.3. The smallest absolute Gasteiger partial charge is 0.285 e. The molecule has 0 radical (unpaired) electrons. The van der Waals surface area contributed by atoms with Crippen LogP contribution in [-0.4, -0.2) is 26.7 Å². The first kappa shape index (κ1) is 18.6. The van der Waals surface area contributed by atoms with Crippen molar-refractivity contribution in [1.82, 2.24) is 0 Å². The van der Waals surface area contributed by atoms with Crippen molar-refractivity contribution in [3.63, 3.8) is 0 Å². The van der Waals surface area contributed by atoms with Gasteiger partial charge in [0.2, 0.25) is 5.90 Å². The first-order valence-electron chi connectivity index (χ1n) is 6.75. The van der Waals surface area contributed by atoms with Gasteiger partial charge < -0.3 is 4.74 Å². The Morgan fingerprint density at radius 2 is 1.86 bits per heavy atom. The topological polar surface area (TPSA) is 72.8 Å². The number of ether oxygens (including phenoxy) is 1. The number of allylic oxidation sites excluding steroid dienone is 1. The number of Topliss-reactive ketones (excluding diaryl/α,β-unsaturated/α-hetero) is 1. The highest BCUT2D eigenvalue weighted by molar-refractivity contribution is 9.12. The van der Waals surface area contributed by atoms with Gasteiger partial charge in [0.25, 0.3) is 10.0 Å². The van der Waals surface area contributed by atoms with Crippen LogP contribution in [0.25, 0.3) is 0 Å². The van der Waals surface area contributed by atoms with Crippen LogP contribution in [0.2, 0.25) is 0 Å². The van der Waals surface area contributed by atoms with Gasteiger partial charge in [0, 0.05) is 12.5 Å². The third-order valence-electron chi connectivity index (χ3n) is 2.66. The molecule has 1 rings (SSSR count). The Morgan fingerprint density at radius 1 is 1.27 bits per heavy atom. The third kappa shape index (κ3) is 5.38. The van der Waals surface area contributed by atoms with Crippen LogP contribution in [0.1, 0.15) is 25.8 Å². The second kappa shape index (κ2) is 8.24. The largest absolute Gasteiger partial charge is 0.477 e. The fraction of sp³-hybridized carbons (Fsp3) is 0.333. The summed E-state index contributed by atoms with van der Waals surface area (Å²) in [5.41, 5.74) is 0.948. The van der Waals surface area contributed by atoms with Gasteiger partial charge in [-0.2, -0.15) is 8.42 Å². The fourth-order valence-electron chi connectivity index (χ4n) is 1.48. The molecule has 0 heterocycles. The molecule has 22 heavy (non-hydrogen) atoms. The second-order valence-electron chi connectivity index (χ2n) is 4.42. The van der Waals surface area contributed by atoms with E-state index in [9.17, 15) is 13.2 Å². The molecule has 0 fully saturated rings. The van der Waals surface area contributed by atoms with E-state index in [4.69, 9.17) is 4.74 Å². The van der Waals surface area contributed by atoms with Gasteiger partial charge >= 0.3 is 0 Å². The quantitative estimate of drug-likeness (QED) is 0.426. The average Bonchev–Trinajstić information content (AvgIpc) is 2.46. The predicted octanol–water partition coefficient (Wildman–Crippen LogP) is 3.38. The molecule has 7 heteroatoms. The van der Waals surface area contributed by atoms with E-state index < -0.39 is 10.0 Å². The summed E-state index contributed by atoms with van der Waals surface area (Å²) in [6.45, 7) is 5.51. The molecule has 0 aliphatic carbocycles. The molecule has 0 unspecified atom stereocenters. The summed E-state index contributed by atoms with van der Waals surface area (Å²) in [5, 5.41) is 0. The minimum absolute atomic E-state index is 0.0710. The number of aryl methyl sites for hydroxylation is 1. The van der Waals surface area contributed by atoms with Crippen LogP contribution in [0, 0.1) is 6.92 Å². The third-order valence-corrected chi connectivity index (χ3v) is 4.62. The van der Waals surface area contributed by atoms with Gasteiger partial charge in [-0.1, -0.05) is 24.6 Å². The molecule has 0 aromatic heterocycles. The summed E-state index contributed by atoms with van der Waals surface area (Å²) in [6, 6.07) is 6.34. The molecule has 0 aliphatic rings. The number of rotatable bonds is 6. The number of hydrogen-bond acceptors (Lipinski definition) is 4. The molecule has 0 amide bonds. The van der Waals surface area contributed by atoms with E-state index in [-0.39, 0.29) is 27.7 Å². The number of halogens is 1. The van der Waals surface area contributed by atoms with Crippen molar-refractivity contribution in [3.05, 3.63) is 40.4 Å². The molecular weight excluding hydrogens is 370 g/mol. The number of sulfonamides is 1. The van der Waals surface area contributed by atoms with Gasteiger partial charge in [0.05, 0.1) is 16.0 Å². The van der Waals surface area contributed by atoms with Gasteiger partial charge in [-0.3, -0.25) is 4.79 Å². The summed E-state index contributed by atoms with van der Waals surface area (Å²) < 4.78 is 33.6. The Labute approximate surface area is 139 Å². The highest BCUT2D eigenvalue weighted by Crippen LogP contribution is 2.15. The van der Waals surface area contributed by atoms with Crippen molar-refractivity contribution in [2.24, 2.45) is 4.40 Å². The lowest BCUT2D eigenvalue weighted by Crippen LogP contribution is -2.08. The van der Waals surface area contributed by atoms with Gasteiger partial charge in [-0.05, 0) is 41.9 Å². The number of carbonyl (C=O) groups excluding carboxylic acids is 1. The molecule has 0 atom stereocenters. The van der Waals surface area contributed by atoms with Crippen molar-refractivity contribution in [2.75, 3.05) is 6.61 Å². The minimum atomic E-state index is -3.89. The van der Waals surface area contributed by atoms with E-state index in [0.29, 0.717) is 6.42 Å². The van der Waals surface area contributed by atoms with E-state index in [1.54, 1.807) is 26.0 Å². The molecule has 5 nitrogen and oxygen atoms in total. The van der Waals surface area contributed by atoms with Crippen molar-refractivity contribution in [3.8, 4) is 0 Å². The molecule has 1 aromatic carbocycles. The van der Waals surface area contributed by atoms with Crippen LogP contribution in [0.3, 0.4) is 0 Å². The predicted molar refractivity (Wildman–Crippen MR) is 89.7 cm³/mol. The number of hydrogen-bond donors (Lipinski definition) is 0. The van der Waals surface area contributed by atoms with Crippen LogP contribution in [0.15, 0.2) is 44.1 Å². The first-order chi connectivity index (χ1) is 10.3. The van der Waals surface area contributed by atoms with E-state index in [1.165, 1.54) is 18.2 Å². The molecule has 0 saturated carbocycles. The van der Waals surface area contributed by atoms with Gasteiger partial charge in [-0.15, -0.1) is 4.40 Å². The zero-order valence-corrected chi connectivity index (χ0v) is 15.1. The minimum Gasteiger partial charge on any atom is -0.477 e. The van der Waals surface area contributed by atoms with Gasteiger partial charge in [0.1, 0.15) is 0 Å². The van der Waals surface area contributed by atoms with E-state index in [0.717, 1.165) is 5.56 Å². The first-order valence-corrected chi connectivity index (χ1v) is 8.98. The summed E-state index contributed by atoms with van der Waals surface area (Å²) in [7, 11) is -3.89. The summed E-state index contributed by atoms with van der Waals surface area (Å²) >= 11 is 3.10. The van der Waals surface area contributed by atoms with Crippen LogP contribution in [-0.2, 0) is 19.6 Å². The van der Waals surface area contributed by atoms with Crippen molar-refractivity contribution in [2.45, 2.75) is 32.1 Å². The molecule has 120 valence electrons. The maximum atomic E-state index is 12.3. The van der Waals surface area contributed by atoms with Gasteiger partial charge in [-0.25, -0.2) is 0 Å². The Kier molecular flexibility index (Phi) is 6.96. The molecule has 0 N–H and O–H groups in total. The molecule has 0 saturated heterocycles. The normalized spacial score (nSPS) is 13.1. The summed E-state index contributed by atoms with van der Waals surface area (Å²) in [6.07, 6.45) is 1.57. The lowest BCUT2D eigenvalue weighted by Gasteiger charge is -2.05. The zero-order chi connectivity index (χ0) is 16.8. The number of nitrogens with zero attached hydrogens (tertiary/aromatic N) is 1. The zero-order valence-electron chi connectivity index (χ0n) is 12.7. The molecule has 1 aromatic rings. The Morgan fingerprint density at radius 3 is 2.36 bits per heavy atom. The lowest BCUT2D eigenvalue weighted by atomic mass is 10.2. The fourth-order valence-corrected chi connectivity index (χ4v) is 2.89. The molecule has 0 aliphatic heterocycles. The van der Waals surface area contributed by atoms with Crippen LogP contribution in [0.4, 0.5) is 0 Å². The molecule has 0 spiro atoms. The van der Waals surface area contributed by atoms with Crippen LogP contribution < -0.4 is 0 Å². The van der Waals surface area contributed by atoms with Crippen LogP contribution >= 0.6 is 15.9 Å². The van der Waals surface area contributed by atoms with E-state index >= 15 is 0 Å². The molecule has 0 bridgehead atoms. The Hall–Kier alpha value is -1.47. The summed E-state index contributed by atoms with van der Waals surface area (Å²) in [5.74, 6) is -0.295. The highest BCUT2D eigenvalue weighted by Gasteiger charge is 2.15. The summed E-state index contributed by atoms with van der Waals surface area (Å²) in [4.78, 5) is 11.6.